The van der Waals surface area contributed by atoms with Gasteiger partial charge in [0.25, 0.3) is 0 Å². The molecule has 1 saturated heterocycles. The Morgan fingerprint density at radius 2 is 1.87 bits per heavy atom. The molecule has 0 aromatic carbocycles. The fraction of sp³-hybridized carbons (Fsp3) is 0.812. The molecular weight excluding hydrogens is 316 g/mol. The number of carboxylic acid groups (broad SMARTS) is 1. The zero-order chi connectivity index (χ0) is 17.1. The summed E-state index contributed by atoms with van der Waals surface area (Å²) in [7, 11) is 1.76. The van der Waals surface area contributed by atoms with Crippen molar-refractivity contribution < 1.29 is 19.5 Å². The third kappa shape index (κ3) is 4.00. The molecule has 0 spiro atoms. The minimum Gasteiger partial charge on any atom is -0.481 e. The number of hydrogen-bond acceptors (Lipinski definition) is 4. The molecule has 0 bridgehead atoms. The van der Waals surface area contributed by atoms with Gasteiger partial charge in [-0.05, 0) is 33.1 Å². The predicted octanol–water partition coefficient (Wildman–Crippen LogP) is 1.65. The quantitative estimate of drug-likeness (QED) is 0.840. The number of rotatable bonds is 4. The molecule has 0 aromatic heterocycles. The molecule has 1 aliphatic heterocycles. The maximum absolute atomic E-state index is 12.8. The second kappa shape index (κ2) is 7.55. The highest BCUT2D eigenvalue weighted by Gasteiger charge is 2.41. The Bertz CT molecular complexity index is 483. The Morgan fingerprint density at radius 1 is 1.22 bits per heavy atom. The molecule has 130 valence electrons. The van der Waals surface area contributed by atoms with Gasteiger partial charge in [0.2, 0.25) is 11.8 Å². The van der Waals surface area contributed by atoms with E-state index >= 15 is 0 Å². The van der Waals surface area contributed by atoms with Gasteiger partial charge in [0.05, 0.1) is 11.8 Å². The molecule has 0 radical (unpaired) electrons. The fourth-order valence-electron chi connectivity index (χ4n) is 3.23. The maximum atomic E-state index is 12.8. The van der Waals surface area contributed by atoms with Crippen LogP contribution in [0.15, 0.2) is 0 Å². The number of aliphatic carboxylic acids is 1. The van der Waals surface area contributed by atoms with Crippen LogP contribution in [0.2, 0.25) is 0 Å². The van der Waals surface area contributed by atoms with Crippen molar-refractivity contribution in [1.82, 2.24) is 9.80 Å². The number of amides is 2. The molecule has 2 fully saturated rings. The summed E-state index contributed by atoms with van der Waals surface area (Å²) in [6, 6.07) is -0.318. The largest absolute Gasteiger partial charge is 0.481 e. The molecule has 7 heteroatoms. The Kier molecular flexibility index (Phi) is 5.95. The van der Waals surface area contributed by atoms with E-state index in [4.69, 9.17) is 0 Å². The topological polar surface area (TPSA) is 77.9 Å². The minimum atomic E-state index is -0.814. The van der Waals surface area contributed by atoms with Crippen LogP contribution in [0.3, 0.4) is 0 Å². The predicted molar refractivity (Wildman–Crippen MR) is 88.9 cm³/mol. The van der Waals surface area contributed by atoms with Crippen LogP contribution in [0.25, 0.3) is 0 Å². The van der Waals surface area contributed by atoms with E-state index in [9.17, 15) is 19.5 Å². The Hall–Kier alpha value is -1.24. The summed E-state index contributed by atoms with van der Waals surface area (Å²) in [4.78, 5) is 39.9. The van der Waals surface area contributed by atoms with Gasteiger partial charge >= 0.3 is 5.97 Å². The summed E-state index contributed by atoms with van der Waals surface area (Å²) in [6.07, 6.45) is 2.53. The van der Waals surface area contributed by atoms with Crippen molar-refractivity contribution in [2.24, 2.45) is 11.8 Å². The maximum Gasteiger partial charge on any atom is 0.306 e. The molecule has 6 nitrogen and oxygen atoms in total. The van der Waals surface area contributed by atoms with Crippen LogP contribution in [0.5, 0.6) is 0 Å². The molecule has 3 unspecified atom stereocenters. The van der Waals surface area contributed by atoms with Crippen LogP contribution < -0.4 is 0 Å². The summed E-state index contributed by atoms with van der Waals surface area (Å²) >= 11 is 1.59. The normalized spacial score (nSPS) is 28.0. The molecule has 1 heterocycles. The first-order chi connectivity index (χ1) is 10.8. The molecule has 1 N–H and O–H groups in total. The van der Waals surface area contributed by atoms with Gasteiger partial charge in [-0.1, -0.05) is 6.42 Å². The van der Waals surface area contributed by atoms with Crippen LogP contribution >= 0.6 is 11.8 Å². The number of thioether (sulfide) groups is 1. The molecule has 2 rings (SSSR count). The lowest BCUT2D eigenvalue weighted by Crippen LogP contribution is -2.51. The van der Waals surface area contributed by atoms with Gasteiger partial charge in [-0.3, -0.25) is 14.4 Å². The molecule has 0 aromatic rings. The smallest absolute Gasteiger partial charge is 0.306 e. The molecule has 3 atom stereocenters. The van der Waals surface area contributed by atoms with Gasteiger partial charge in [0.15, 0.2) is 0 Å². The molecule has 23 heavy (non-hydrogen) atoms. The van der Waals surface area contributed by atoms with Crippen molar-refractivity contribution in [2.75, 3.05) is 18.7 Å². The summed E-state index contributed by atoms with van der Waals surface area (Å²) in [5.74, 6) is -0.430. The van der Waals surface area contributed by atoms with Crippen LogP contribution in [0.4, 0.5) is 0 Å². The second-order valence-corrected chi connectivity index (χ2v) is 7.77. The minimum absolute atomic E-state index is 0.0241. The van der Waals surface area contributed by atoms with E-state index in [-0.39, 0.29) is 23.8 Å². The van der Waals surface area contributed by atoms with Crippen molar-refractivity contribution in [3.8, 4) is 0 Å². The van der Waals surface area contributed by atoms with Crippen molar-refractivity contribution >= 4 is 29.5 Å². The lowest BCUT2D eigenvalue weighted by Gasteiger charge is -2.33. The summed E-state index contributed by atoms with van der Waals surface area (Å²) in [5.41, 5.74) is 0. The van der Waals surface area contributed by atoms with Gasteiger partial charge in [0, 0.05) is 24.8 Å². The molecular formula is C16H26N2O4S. The molecule has 2 aliphatic rings. The zero-order valence-corrected chi connectivity index (χ0v) is 14.8. The first kappa shape index (κ1) is 18.1. The van der Waals surface area contributed by atoms with E-state index in [1.807, 2.05) is 13.8 Å². The van der Waals surface area contributed by atoms with E-state index in [1.165, 1.54) is 0 Å². The second-order valence-electron chi connectivity index (χ2n) is 6.77. The number of carbonyl (C=O) groups excluding carboxylic acids is 2. The van der Waals surface area contributed by atoms with Gasteiger partial charge in [-0.2, -0.15) is 0 Å². The first-order valence-corrected chi connectivity index (χ1v) is 9.36. The highest BCUT2D eigenvalue weighted by molar-refractivity contribution is 7.99. The van der Waals surface area contributed by atoms with Gasteiger partial charge in [-0.15, -0.1) is 11.8 Å². The van der Waals surface area contributed by atoms with E-state index in [2.05, 4.69) is 0 Å². The highest BCUT2D eigenvalue weighted by Crippen LogP contribution is 2.33. The van der Waals surface area contributed by atoms with Crippen molar-refractivity contribution in [2.45, 2.75) is 51.6 Å². The zero-order valence-electron chi connectivity index (χ0n) is 14.0. The highest BCUT2D eigenvalue weighted by atomic mass is 32.2. The Labute approximate surface area is 141 Å². The van der Waals surface area contributed by atoms with Crippen LogP contribution in [-0.4, -0.2) is 63.5 Å². The number of likely N-dealkylation sites (N-methyl/N-ethyl adjacent to an activating group) is 1. The first-order valence-electron chi connectivity index (χ1n) is 8.20. The summed E-state index contributed by atoms with van der Waals surface area (Å²) in [5, 5.41) is 9.19. The van der Waals surface area contributed by atoms with E-state index in [1.54, 1.807) is 28.6 Å². The fourth-order valence-corrected chi connectivity index (χ4v) is 4.38. The van der Waals surface area contributed by atoms with Gasteiger partial charge < -0.3 is 14.9 Å². The van der Waals surface area contributed by atoms with Crippen molar-refractivity contribution in [3.63, 3.8) is 0 Å². The van der Waals surface area contributed by atoms with Crippen molar-refractivity contribution in [1.29, 1.82) is 0 Å². The monoisotopic (exact) mass is 342 g/mol. The molecule has 2 amide bonds. The van der Waals surface area contributed by atoms with Gasteiger partial charge in [-0.25, -0.2) is 0 Å². The number of carboxylic acids is 1. The number of nitrogens with zero attached hydrogens (tertiary/aromatic N) is 2. The lowest BCUT2D eigenvalue weighted by molar-refractivity contribution is -0.149. The van der Waals surface area contributed by atoms with E-state index in [0.29, 0.717) is 24.5 Å². The van der Waals surface area contributed by atoms with Crippen LogP contribution in [0.1, 0.15) is 39.5 Å². The van der Waals surface area contributed by atoms with Crippen LogP contribution in [0, 0.1) is 11.8 Å². The lowest BCUT2D eigenvalue weighted by atomic mass is 9.80. The molecule has 1 aliphatic carbocycles. The van der Waals surface area contributed by atoms with E-state index < -0.39 is 17.9 Å². The standard InChI is InChI=1S/C16H26N2O4S/c1-10(2)17(3)15(20)13-8-23-9-18(13)14(19)11-5-4-6-12(7-11)16(21)22/h10-13H,4-9H2,1-3H3,(H,21,22). The molecule has 1 saturated carbocycles. The van der Waals surface area contributed by atoms with Gasteiger partial charge in [0.1, 0.15) is 6.04 Å². The van der Waals surface area contributed by atoms with Crippen LogP contribution in [-0.2, 0) is 14.4 Å². The average molecular weight is 342 g/mol. The summed E-state index contributed by atoms with van der Waals surface area (Å²) < 4.78 is 0. The van der Waals surface area contributed by atoms with E-state index in [0.717, 1.165) is 12.8 Å². The number of hydrogen-bond donors (Lipinski definition) is 1. The van der Waals surface area contributed by atoms with Crippen molar-refractivity contribution in [3.05, 3.63) is 0 Å². The Morgan fingerprint density at radius 3 is 2.48 bits per heavy atom. The Balaban J connectivity index is 2.05. The SMILES string of the molecule is CC(C)N(C)C(=O)C1CSCN1C(=O)C1CCCC(C(=O)O)C1. The number of carbonyl (C=O) groups is 3. The third-order valence-electron chi connectivity index (χ3n) is 4.95. The third-order valence-corrected chi connectivity index (χ3v) is 5.96. The average Bonchev–Trinajstić information content (AvgIpc) is 3.02. The summed E-state index contributed by atoms with van der Waals surface area (Å²) in [6.45, 7) is 3.90.